The minimum atomic E-state index is -4.34. The number of halogens is 1. The van der Waals surface area contributed by atoms with Gasteiger partial charge in [0.25, 0.3) is 5.69 Å². The second kappa shape index (κ2) is 7.82. The van der Waals surface area contributed by atoms with Gasteiger partial charge in [-0.05, 0) is 30.5 Å². The molecule has 1 atom stereocenters. The maximum absolute atomic E-state index is 13.4. The number of benzene rings is 2. The quantitative estimate of drug-likeness (QED) is 0.521. The first kappa shape index (κ1) is 20.5. The summed E-state index contributed by atoms with van der Waals surface area (Å²) in [6.45, 7) is 0.0818. The van der Waals surface area contributed by atoms with Crippen LogP contribution in [0.25, 0.3) is 0 Å². The molecule has 1 unspecified atom stereocenters. The van der Waals surface area contributed by atoms with Gasteiger partial charge in [0.05, 0.1) is 17.1 Å². The molecule has 2 aliphatic rings. The minimum absolute atomic E-state index is 0.108. The Labute approximate surface area is 171 Å². The van der Waals surface area contributed by atoms with Gasteiger partial charge in [-0.2, -0.15) is 4.31 Å². The summed E-state index contributed by atoms with van der Waals surface area (Å²) >= 11 is 0. The number of rotatable bonds is 7. The summed E-state index contributed by atoms with van der Waals surface area (Å²) in [4.78, 5) is 10.3. The van der Waals surface area contributed by atoms with Crippen LogP contribution in [0.4, 0.5) is 10.1 Å². The second-order valence-corrected chi connectivity index (χ2v) is 8.95. The SMILES string of the molecule is O=[N+]([O-])c1cc2c(cc1S(=O)(=O)N(CC(O)c1ccc(F)cc1)C1CC1)OCCO2. The van der Waals surface area contributed by atoms with Gasteiger partial charge in [-0.25, -0.2) is 12.8 Å². The summed E-state index contributed by atoms with van der Waals surface area (Å²) in [5.41, 5.74) is -0.282. The summed E-state index contributed by atoms with van der Waals surface area (Å²) < 4.78 is 51.7. The third-order valence-corrected chi connectivity index (χ3v) is 6.92. The zero-order valence-corrected chi connectivity index (χ0v) is 16.5. The Kier molecular flexibility index (Phi) is 5.35. The average molecular weight is 438 g/mol. The van der Waals surface area contributed by atoms with Crippen molar-refractivity contribution in [2.45, 2.75) is 29.9 Å². The highest BCUT2D eigenvalue weighted by Gasteiger charge is 2.42. The third-order valence-electron chi connectivity index (χ3n) is 4.97. The molecule has 1 aliphatic carbocycles. The van der Waals surface area contributed by atoms with E-state index in [1.807, 2.05) is 0 Å². The van der Waals surface area contributed by atoms with E-state index in [1.54, 1.807) is 0 Å². The maximum Gasteiger partial charge on any atom is 0.293 e. The monoisotopic (exact) mass is 438 g/mol. The summed E-state index contributed by atoms with van der Waals surface area (Å²) in [6.07, 6.45) is -0.0706. The Balaban J connectivity index is 1.71. The molecule has 1 aliphatic heterocycles. The van der Waals surface area contributed by atoms with Crippen LogP contribution in [0.2, 0.25) is 0 Å². The Hall–Kier alpha value is -2.76. The van der Waals surface area contributed by atoms with Gasteiger partial charge in [-0.15, -0.1) is 0 Å². The number of nitro groups is 1. The highest BCUT2D eigenvalue weighted by atomic mass is 32.2. The molecule has 30 heavy (non-hydrogen) atoms. The Morgan fingerprint density at radius 2 is 1.77 bits per heavy atom. The van der Waals surface area contributed by atoms with Crippen molar-refractivity contribution >= 4 is 15.7 Å². The van der Waals surface area contributed by atoms with Crippen molar-refractivity contribution in [3.05, 3.63) is 57.9 Å². The Bertz CT molecular complexity index is 1070. The number of nitrogens with zero attached hydrogens (tertiary/aromatic N) is 2. The van der Waals surface area contributed by atoms with Gasteiger partial charge < -0.3 is 14.6 Å². The van der Waals surface area contributed by atoms with Crippen molar-refractivity contribution in [2.24, 2.45) is 0 Å². The number of hydrogen-bond donors (Lipinski definition) is 1. The summed E-state index contributed by atoms with van der Waals surface area (Å²) in [6, 6.07) is 6.83. The first-order valence-corrected chi connectivity index (χ1v) is 10.7. The zero-order chi connectivity index (χ0) is 21.5. The zero-order valence-electron chi connectivity index (χ0n) is 15.7. The van der Waals surface area contributed by atoms with E-state index in [0.717, 1.165) is 16.4 Å². The molecule has 0 aromatic heterocycles. The van der Waals surface area contributed by atoms with Gasteiger partial charge in [0.15, 0.2) is 16.4 Å². The largest absolute Gasteiger partial charge is 0.486 e. The van der Waals surface area contributed by atoms with Crippen LogP contribution in [0.1, 0.15) is 24.5 Å². The topological polar surface area (TPSA) is 119 Å². The van der Waals surface area contributed by atoms with Crippen LogP contribution in [0, 0.1) is 15.9 Å². The number of aliphatic hydroxyl groups excluding tert-OH is 1. The van der Waals surface area contributed by atoms with Crippen molar-refractivity contribution in [1.29, 1.82) is 0 Å². The van der Waals surface area contributed by atoms with Crippen LogP contribution in [0.15, 0.2) is 41.3 Å². The van der Waals surface area contributed by atoms with Crippen LogP contribution < -0.4 is 9.47 Å². The second-order valence-electron chi connectivity index (χ2n) is 7.09. The molecule has 11 heteroatoms. The molecule has 0 spiro atoms. The molecule has 160 valence electrons. The molecule has 1 saturated carbocycles. The normalized spacial score (nSPS) is 17.0. The summed E-state index contributed by atoms with van der Waals surface area (Å²) in [5.74, 6) is -0.263. The minimum Gasteiger partial charge on any atom is -0.486 e. The lowest BCUT2D eigenvalue weighted by Crippen LogP contribution is -2.37. The highest BCUT2D eigenvalue weighted by molar-refractivity contribution is 7.89. The number of nitro benzene ring substituents is 1. The molecule has 0 radical (unpaired) electrons. The maximum atomic E-state index is 13.4. The first-order valence-electron chi connectivity index (χ1n) is 9.31. The van der Waals surface area contributed by atoms with Gasteiger partial charge in [0.1, 0.15) is 19.0 Å². The van der Waals surface area contributed by atoms with E-state index in [9.17, 15) is 28.0 Å². The molecular formula is C19H19FN2O7S. The van der Waals surface area contributed by atoms with Crippen molar-refractivity contribution in [1.82, 2.24) is 4.31 Å². The van der Waals surface area contributed by atoms with Crippen molar-refractivity contribution in [3.63, 3.8) is 0 Å². The van der Waals surface area contributed by atoms with Crippen molar-refractivity contribution in [2.75, 3.05) is 19.8 Å². The lowest BCUT2D eigenvalue weighted by atomic mass is 10.1. The fourth-order valence-electron chi connectivity index (χ4n) is 3.30. The molecule has 1 fully saturated rings. The van der Waals surface area contributed by atoms with E-state index < -0.39 is 37.5 Å². The smallest absolute Gasteiger partial charge is 0.293 e. The summed E-state index contributed by atoms with van der Waals surface area (Å²) in [7, 11) is -4.34. The first-order chi connectivity index (χ1) is 14.3. The Morgan fingerprint density at radius 1 is 1.17 bits per heavy atom. The molecule has 0 bridgehead atoms. The molecule has 9 nitrogen and oxygen atoms in total. The number of ether oxygens (including phenoxy) is 2. The van der Waals surface area contributed by atoms with Crippen LogP contribution in [-0.2, 0) is 10.0 Å². The van der Waals surface area contributed by atoms with E-state index in [0.29, 0.717) is 18.4 Å². The lowest BCUT2D eigenvalue weighted by molar-refractivity contribution is -0.388. The number of sulfonamides is 1. The number of hydrogen-bond acceptors (Lipinski definition) is 7. The predicted octanol–water partition coefficient (Wildman–Crippen LogP) is 2.39. The molecular weight excluding hydrogens is 419 g/mol. The van der Waals surface area contributed by atoms with Crippen LogP contribution in [0.5, 0.6) is 11.5 Å². The van der Waals surface area contributed by atoms with E-state index in [-0.39, 0.29) is 37.3 Å². The standard InChI is InChI=1S/C19H19FN2O7S/c20-13-3-1-12(2-4-13)16(23)11-21(14-5-6-14)30(26,27)19-10-18-17(28-7-8-29-18)9-15(19)22(24)25/h1-4,9-10,14,16,23H,5-8,11H2. The van der Waals surface area contributed by atoms with E-state index in [2.05, 4.69) is 0 Å². The fourth-order valence-corrected chi connectivity index (χ4v) is 5.15. The Morgan fingerprint density at radius 3 is 2.33 bits per heavy atom. The predicted molar refractivity (Wildman–Crippen MR) is 102 cm³/mol. The fraction of sp³-hybridized carbons (Fsp3) is 0.368. The van der Waals surface area contributed by atoms with E-state index in [4.69, 9.17) is 9.47 Å². The molecule has 0 saturated heterocycles. The summed E-state index contributed by atoms with van der Waals surface area (Å²) in [5, 5.41) is 22.1. The van der Waals surface area contributed by atoms with Gasteiger partial charge in [-0.1, -0.05) is 12.1 Å². The van der Waals surface area contributed by atoms with Gasteiger partial charge in [0, 0.05) is 18.7 Å². The average Bonchev–Trinajstić information content (AvgIpc) is 3.56. The number of aliphatic hydroxyl groups is 1. The van der Waals surface area contributed by atoms with Crippen LogP contribution in [-0.4, -0.2) is 48.6 Å². The molecule has 1 N–H and O–H groups in total. The van der Waals surface area contributed by atoms with Crippen molar-refractivity contribution < 1.29 is 32.3 Å². The lowest BCUT2D eigenvalue weighted by Gasteiger charge is -2.25. The molecule has 2 aromatic carbocycles. The molecule has 0 amide bonds. The van der Waals surface area contributed by atoms with Gasteiger partial charge in [0.2, 0.25) is 10.0 Å². The molecule has 1 heterocycles. The molecule has 4 rings (SSSR count). The van der Waals surface area contributed by atoms with Crippen LogP contribution in [0.3, 0.4) is 0 Å². The number of fused-ring (bicyclic) bond motifs is 1. The van der Waals surface area contributed by atoms with Gasteiger partial charge in [-0.3, -0.25) is 10.1 Å². The molecule has 2 aromatic rings. The van der Waals surface area contributed by atoms with Gasteiger partial charge >= 0.3 is 0 Å². The van der Waals surface area contributed by atoms with E-state index >= 15 is 0 Å². The highest BCUT2D eigenvalue weighted by Crippen LogP contribution is 2.42. The van der Waals surface area contributed by atoms with Crippen LogP contribution >= 0.6 is 0 Å². The van der Waals surface area contributed by atoms with Crippen molar-refractivity contribution in [3.8, 4) is 11.5 Å². The third kappa shape index (κ3) is 3.95. The van der Waals surface area contributed by atoms with E-state index in [1.165, 1.54) is 24.3 Å².